The summed E-state index contributed by atoms with van der Waals surface area (Å²) in [6.07, 6.45) is 0.993. The first-order chi connectivity index (χ1) is 10.6. The Hall–Kier alpha value is -1.75. The molecule has 120 valence electrons. The molecule has 1 saturated heterocycles. The molecule has 1 N–H and O–H groups in total. The second kappa shape index (κ2) is 6.57. The number of carbonyl (C=O) groups excluding carboxylic acids is 1. The summed E-state index contributed by atoms with van der Waals surface area (Å²) in [7, 11) is 0. The van der Waals surface area contributed by atoms with Gasteiger partial charge in [0, 0.05) is 38.2 Å². The number of nitrogens with zero attached hydrogens (tertiary/aromatic N) is 1. The maximum absolute atomic E-state index is 11.5. The Bertz CT molecular complexity index is 547. The van der Waals surface area contributed by atoms with Crippen LogP contribution in [-0.4, -0.2) is 43.2 Å². The molecule has 5 nitrogen and oxygen atoms in total. The predicted octanol–water partition coefficient (Wildman–Crippen LogP) is 1.80. The average Bonchev–Trinajstić information content (AvgIpc) is 2.53. The molecule has 5 heteroatoms. The van der Waals surface area contributed by atoms with E-state index in [2.05, 4.69) is 18.3 Å². The molecule has 0 spiro atoms. The fourth-order valence-electron chi connectivity index (χ4n) is 3.25. The molecule has 0 bridgehead atoms. The summed E-state index contributed by atoms with van der Waals surface area (Å²) in [6, 6.07) is 6.46. The quantitative estimate of drug-likeness (QED) is 0.925. The van der Waals surface area contributed by atoms with Crippen molar-refractivity contribution in [1.82, 2.24) is 10.2 Å². The lowest BCUT2D eigenvalue weighted by molar-refractivity contribution is -0.130. The molecule has 2 aliphatic heterocycles. The van der Waals surface area contributed by atoms with E-state index in [1.54, 1.807) is 6.92 Å². The lowest BCUT2D eigenvalue weighted by Gasteiger charge is -2.37. The Morgan fingerprint density at radius 2 is 2.18 bits per heavy atom. The Kier molecular flexibility index (Phi) is 4.52. The van der Waals surface area contributed by atoms with Crippen LogP contribution in [0.3, 0.4) is 0 Å². The van der Waals surface area contributed by atoms with Gasteiger partial charge in [-0.05, 0) is 18.4 Å². The largest absolute Gasteiger partial charge is 0.486 e. The number of likely N-dealkylation sites (tertiary alicyclic amines) is 1. The lowest BCUT2D eigenvalue weighted by atomic mass is 9.93. The fourth-order valence-corrected chi connectivity index (χ4v) is 3.25. The highest BCUT2D eigenvalue weighted by atomic mass is 16.6. The van der Waals surface area contributed by atoms with Gasteiger partial charge in [0.1, 0.15) is 13.2 Å². The molecule has 0 radical (unpaired) electrons. The molecule has 2 atom stereocenters. The molecule has 2 aliphatic rings. The van der Waals surface area contributed by atoms with Crippen LogP contribution in [0.1, 0.15) is 25.8 Å². The number of carbonyl (C=O) groups is 1. The Balaban J connectivity index is 1.60. The molecule has 1 fully saturated rings. The zero-order valence-corrected chi connectivity index (χ0v) is 13.3. The fraction of sp³-hybridized carbons (Fsp3) is 0.588. The number of benzene rings is 1. The maximum atomic E-state index is 11.5. The van der Waals surface area contributed by atoms with Crippen LogP contribution in [-0.2, 0) is 11.3 Å². The highest BCUT2D eigenvalue weighted by molar-refractivity contribution is 5.73. The van der Waals surface area contributed by atoms with Crippen molar-refractivity contribution < 1.29 is 14.3 Å². The number of hydrogen-bond donors (Lipinski definition) is 1. The summed E-state index contributed by atoms with van der Waals surface area (Å²) in [5.74, 6) is 2.34. The van der Waals surface area contributed by atoms with Gasteiger partial charge in [0.25, 0.3) is 0 Å². The van der Waals surface area contributed by atoms with E-state index < -0.39 is 0 Å². The highest BCUT2D eigenvalue weighted by Gasteiger charge is 2.27. The molecule has 0 saturated carbocycles. The number of nitrogens with one attached hydrogen (secondary N) is 1. The second-order valence-corrected chi connectivity index (χ2v) is 6.16. The van der Waals surface area contributed by atoms with Crippen molar-refractivity contribution >= 4 is 5.91 Å². The van der Waals surface area contributed by atoms with Crippen molar-refractivity contribution in [3.8, 4) is 11.5 Å². The SMILES string of the molecule is CC(=O)N1CC[C@H](NCc2cccc3c2OCCO3)[C@@H](C)C1. The summed E-state index contributed by atoms with van der Waals surface area (Å²) >= 11 is 0. The number of rotatable bonds is 3. The van der Waals surface area contributed by atoms with Crippen LogP contribution in [0.25, 0.3) is 0 Å². The topological polar surface area (TPSA) is 50.8 Å². The van der Waals surface area contributed by atoms with Gasteiger partial charge in [0.05, 0.1) is 0 Å². The van der Waals surface area contributed by atoms with E-state index in [1.807, 2.05) is 17.0 Å². The molecule has 1 aromatic carbocycles. The van der Waals surface area contributed by atoms with Gasteiger partial charge < -0.3 is 19.7 Å². The van der Waals surface area contributed by atoms with Gasteiger partial charge in [0.2, 0.25) is 5.91 Å². The van der Waals surface area contributed by atoms with Crippen molar-refractivity contribution in [1.29, 1.82) is 0 Å². The molecular weight excluding hydrogens is 280 g/mol. The van der Waals surface area contributed by atoms with E-state index in [4.69, 9.17) is 9.47 Å². The van der Waals surface area contributed by atoms with Crippen LogP contribution in [0.4, 0.5) is 0 Å². The minimum atomic E-state index is 0.174. The standard InChI is InChI=1S/C17H24N2O3/c1-12-11-19(13(2)20)7-6-15(12)18-10-14-4-3-5-16-17(14)22-9-8-21-16/h3-5,12,15,18H,6-11H2,1-2H3/t12-,15-/m0/s1. The van der Waals surface area contributed by atoms with E-state index >= 15 is 0 Å². The van der Waals surface area contributed by atoms with Crippen LogP contribution < -0.4 is 14.8 Å². The van der Waals surface area contributed by atoms with E-state index in [1.165, 1.54) is 0 Å². The maximum Gasteiger partial charge on any atom is 0.219 e. The summed E-state index contributed by atoms with van der Waals surface area (Å²) in [5.41, 5.74) is 1.14. The highest BCUT2D eigenvalue weighted by Crippen LogP contribution is 2.33. The Labute approximate surface area is 131 Å². The van der Waals surface area contributed by atoms with Crippen molar-refractivity contribution in [2.75, 3.05) is 26.3 Å². The number of hydrogen-bond acceptors (Lipinski definition) is 4. The van der Waals surface area contributed by atoms with Gasteiger partial charge in [-0.15, -0.1) is 0 Å². The number of ether oxygens (including phenoxy) is 2. The third kappa shape index (κ3) is 3.19. The van der Waals surface area contributed by atoms with Crippen LogP contribution in [0.2, 0.25) is 0 Å². The summed E-state index contributed by atoms with van der Waals surface area (Å²) in [6.45, 7) is 7.51. The van der Waals surface area contributed by atoms with Crippen LogP contribution in [0.15, 0.2) is 18.2 Å². The minimum absolute atomic E-state index is 0.174. The van der Waals surface area contributed by atoms with E-state index in [-0.39, 0.29) is 5.91 Å². The first kappa shape index (κ1) is 15.2. The van der Waals surface area contributed by atoms with Crippen molar-refractivity contribution in [2.45, 2.75) is 32.9 Å². The van der Waals surface area contributed by atoms with E-state index in [9.17, 15) is 4.79 Å². The van der Waals surface area contributed by atoms with Crippen molar-refractivity contribution in [3.05, 3.63) is 23.8 Å². The molecule has 2 heterocycles. The third-order valence-corrected chi connectivity index (χ3v) is 4.55. The first-order valence-corrected chi connectivity index (χ1v) is 8.01. The summed E-state index contributed by atoms with van der Waals surface area (Å²) < 4.78 is 11.4. The minimum Gasteiger partial charge on any atom is -0.486 e. The predicted molar refractivity (Wildman–Crippen MR) is 84.1 cm³/mol. The Morgan fingerprint density at radius 3 is 2.95 bits per heavy atom. The number of amides is 1. The van der Waals surface area contributed by atoms with Gasteiger partial charge in [-0.1, -0.05) is 19.1 Å². The first-order valence-electron chi connectivity index (χ1n) is 8.01. The van der Waals surface area contributed by atoms with Crippen LogP contribution in [0.5, 0.6) is 11.5 Å². The van der Waals surface area contributed by atoms with Crippen molar-refractivity contribution in [2.24, 2.45) is 5.92 Å². The number of para-hydroxylation sites is 1. The van der Waals surface area contributed by atoms with Gasteiger partial charge in [-0.3, -0.25) is 4.79 Å². The van der Waals surface area contributed by atoms with Crippen LogP contribution in [0, 0.1) is 5.92 Å². The monoisotopic (exact) mass is 304 g/mol. The van der Waals surface area contributed by atoms with Gasteiger partial charge in [0.15, 0.2) is 11.5 Å². The summed E-state index contributed by atoms with van der Waals surface area (Å²) in [5, 5.41) is 3.62. The smallest absolute Gasteiger partial charge is 0.219 e. The molecule has 0 unspecified atom stereocenters. The van der Waals surface area contributed by atoms with Crippen LogP contribution >= 0.6 is 0 Å². The zero-order valence-electron chi connectivity index (χ0n) is 13.3. The molecule has 3 rings (SSSR count). The molecular formula is C17H24N2O3. The number of fused-ring (bicyclic) bond motifs is 1. The second-order valence-electron chi connectivity index (χ2n) is 6.16. The zero-order chi connectivity index (χ0) is 15.5. The summed E-state index contributed by atoms with van der Waals surface area (Å²) in [4.78, 5) is 13.4. The third-order valence-electron chi connectivity index (χ3n) is 4.55. The number of piperidine rings is 1. The van der Waals surface area contributed by atoms with Gasteiger partial charge in [-0.25, -0.2) is 0 Å². The molecule has 1 amide bonds. The lowest BCUT2D eigenvalue weighted by Crippen LogP contribution is -2.49. The molecule has 22 heavy (non-hydrogen) atoms. The van der Waals surface area contributed by atoms with E-state index in [0.29, 0.717) is 25.2 Å². The van der Waals surface area contributed by atoms with Gasteiger partial charge in [-0.2, -0.15) is 0 Å². The average molecular weight is 304 g/mol. The molecule has 0 aliphatic carbocycles. The molecule has 1 aromatic rings. The van der Waals surface area contributed by atoms with Crippen molar-refractivity contribution in [3.63, 3.8) is 0 Å². The van der Waals surface area contributed by atoms with Gasteiger partial charge >= 0.3 is 0 Å². The molecule has 0 aromatic heterocycles. The Morgan fingerprint density at radius 1 is 1.36 bits per heavy atom. The van der Waals surface area contributed by atoms with E-state index in [0.717, 1.165) is 43.1 Å². The normalized spacial score (nSPS) is 24.2.